The summed E-state index contributed by atoms with van der Waals surface area (Å²) in [7, 11) is 0. The maximum atomic E-state index is 6.88. The molecule has 8 aromatic carbocycles. The van der Waals surface area contributed by atoms with E-state index in [9.17, 15) is 0 Å². The number of para-hydroxylation sites is 2. The molecule has 2 nitrogen and oxygen atoms in total. The first-order valence-electron chi connectivity index (χ1n) is 17.7. The Morgan fingerprint density at radius 1 is 0.385 bits per heavy atom. The van der Waals surface area contributed by atoms with Crippen LogP contribution < -0.4 is 9.47 Å². The van der Waals surface area contributed by atoms with E-state index in [1.165, 1.54) is 81.4 Å². The molecule has 0 atom stereocenters. The van der Waals surface area contributed by atoms with E-state index in [0.717, 1.165) is 28.6 Å². The van der Waals surface area contributed by atoms with Crippen molar-refractivity contribution in [2.24, 2.45) is 0 Å². The summed E-state index contributed by atoms with van der Waals surface area (Å²) in [5, 5.41) is 2.64. The minimum Gasteiger partial charge on any atom is -0.450 e. The molecular formula is C49H28O2S. The van der Waals surface area contributed by atoms with E-state index in [-0.39, 0.29) is 0 Å². The van der Waals surface area contributed by atoms with Gasteiger partial charge in [-0.3, -0.25) is 0 Å². The predicted molar refractivity (Wildman–Crippen MR) is 213 cm³/mol. The summed E-state index contributed by atoms with van der Waals surface area (Å²) in [6.07, 6.45) is 0. The van der Waals surface area contributed by atoms with Crippen molar-refractivity contribution in [2.45, 2.75) is 5.41 Å². The molecule has 0 bridgehead atoms. The molecule has 0 fully saturated rings. The maximum absolute atomic E-state index is 6.88. The van der Waals surface area contributed by atoms with Crippen molar-refractivity contribution in [2.75, 3.05) is 0 Å². The average Bonchev–Trinajstić information content (AvgIpc) is 3.84. The highest BCUT2D eigenvalue weighted by atomic mass is 32.1. The number of ether oxygens (including phenoxy) is 2. The summed E-state index contributed by atoms with van der Waals surface area (Å²) >= 11 is 1.88. The van der Waals surface area contributed by atoms with Gasteiger partial charge in [-0.05, 0) is 97.6 Å². The van der Waals surface area contributed by atoms with Gasteiger partial charge in [0, 0.05) is 25.7 Å². The topological polar surface area (TPSA) is 18.5 Å². The maximum Gasteiger partial charge on any atom is 0.175 e. The fraction of sp³-hybridized carbons (Fsp3) is 0.0204. The zero-order valence-corrected chi connectivity index (χ0v) is 28.7. The molecule has 9 aromatic rings. The molecule has 1 aromatic heterocycles. The van der Waals surface area contributed by atoms with E-state index in [2.05, 4.69) is 146 Å². The number of fused-ring (bicyclic) bond motifs is 16. The molecule has 0 radical (unpaired) electrons. The molecule has 52 heavy (non-hydrogen) atoms. The van der Waals surface area contributed by atoms with Crippen molar-refractivity contribution in [3.05, 3.63) is 192 Å². The van der Waals surface area contributed by atoms with Crippen molar-refractivity contribution in [1.29, 1.82) is 0 Å². The van der Waals surface area contributed by atoms with Crippen molar-refractivity contribution < 1.29 is 9.47 Å². The van der Waals surface area contributed by atoms with Gasteiger partial charge in [-0.15, -0.1) is 11.3 Å². The molecule has 2 aliphatic carbocycles. The lowest BCUT2D eigenvalue weighted by atomic mass is 9.70. The quantitative estimate of drug-likeness (QED) is 0.181. The Morgan fingerprint density at radius 2 is 1.00 bits per heavy atom. The Bertz CT molecular complexity index is 2940. The SMILES string of the molecule is c1cc(-c2ccc3c(c2)C2(c4ccccc4-c4ccccc42)c2c-3ccc3c2Oc2ccccc2O3)cc(-c2cccc3c2sc2ccccc23)c1. The number of thiophene rings is 1. The normalized spacial score (nSPS) is 13.8. The average molecular weight is 681 g/mol. The number of hydrogen-bond acceptors (Lipinski definition) is 3. The first-order chi connectivity index (χ1) is 25.8. The molecule has 0 saturated heterocycles. The molecule has 0 unspecified atom stereocenters. The molecule has 2 heterocycles. The van der Waals surface area contributed by atoms with Crippen LogP contribution in [0, 0.1) is 0 Å². The highest BCUT2D eigenvalue weighted by Gasteiger charge is 2.54. The molecule has 0 amide bonds. The molecule has 12 rings (SSSR count). The Hall–Kier alpha value is -6.42. The van der Waals surface area contributed by atoms with Crippen LogP contribution in [0.2, 0.25) is 0 Å². The van der Waals surface area contributed by atoms with Crippen LogP contribution in [0.4, 0.5) is 0 Å². The van der Waals surface area contributed by atoms with Gasteiger partial charge in [0.25, 0.3) is 0 Å². The van der Waals surface area contributed by atoms with Gasteiger partial charge < -0.3 is 9.47 Å². The lowest BCUT2D eigenvalue weighted by Gasteiger charge is -2.33. The van der Waals surface area contributed by atoms with Gasteiger partial charge in [0.2, 0.25) is 0 Å². The van der Waals surface area contributed by atoms with Gasteiger partial charge in [-0.1, -0.05) is 133 Å². The molecule has 0 N–H and O–H groups in total. The minimum atomic E-state index is -0.588. The van der Waals surface area contributed by atoms with E-state index >= 15 is 0 Å². The lowest BCUT2D eigenvalue weighted by molar-refractivity contribution is 0.354. The third-order valence-corrected chi connectivity index (χ3v) is 12.6. The molecule has 1 spiro atoms. The summed E-state index contributed by atoms with van der Waals surface area (Å²) in [6.45, 7) is 0. The largest absolute Gasteiger partial charge is 0.450 e. The van der Waals surface area contributed by atoms with Gasteiger partial charge >= 0.3 is 0 Å². The second-order valence-corrected chi connectivity index (χ2v) is 15.0. The van der Waals surface area contributed by atoms with Gasteiger partial charge in [0.1, 0.15) is 0 Å². The van der Waals surface area contributed by atoms with Crippen LogP contribution >= 0.6 is 11.3 Å². The van der Waals surface area contributed by atoms with Crippen LogP contribution in [0.3, 0.4) is 0 Å². The van der Waals surface area contributed by atoms with E-state index in [1.807, 2.05) is 35.6 Å². The zero-order valence-electron chi connectivity index (χ0n) is 27.9. The van der Waals surface area contributed by atoms with E-state index in [1.54, 1.807) is 0 Å². The highest BCUT2D eigenvalue weighted by molar-refractivity contribution is 7.26. The van der Waals surface area contributed by atoms with E-state index in [4.69, 9.17) is 9.47 Å². The monoisotopic (exact) mass is 680 g/mol. The van der Waals surface area contributed by atoms with Crippen LogP contribution in [-0.4, -0.2) is 0 Å². The lowest BCUT2D eigenvalue weighted by Crippen LogP contribution is -2.27. The third kappa shape index (κ3) is 3.63. The Kier molecular flexibility index (Phi) is 5.62. The first-order valence-corrected chi connectivity index (χ1v) is 18.6. The van der Waals surface area contributed by atoms with Gasteiger partial charge in [0.15, 0.2) is 23.0 Å². The third-order valence-electron chi connectivity index (χ3n) is 11.4. The summed E-state index contributed by atoms with van der Waals surface area (Å²) in [5.41, 5.74) is 14.2. The Labute approximate surface area is 304 Å². The van der Waals surface area contributed by atoms with E-state index < -0.39 is 5.41 Å². The molecule has 3 heteroatoms. The van der Waals surface area contributed by atoms with Crippen molar-refractivity contribution in [1.82, 2.24) is 0 Å². The van der Waals surface area contributed by atoms with Crippen LogP contribution in [-0.2, 0) is 5.41 Å². The zero-order chi connectivity index (χ0) is 34.0. The number of benzene rings is 8. The minimum absolute atomic E-state index is 0.588. The van der Waals surface area contributed by atoms with Gasteiger partial charge in [0.05, 0.1) is 5.41 Å². The fourth-order valence-electron chi connectivity index (χ4n) is 9.23. The van der Waals surface area contributed by atoms with Crippen LogP contribution in [0.1, 0.15) is 22.3 Å². The number of rotatable bonds is 2. The smallest absolute Gasteiger partial charge is 0.175 e. The molecule has 1 aliphatic heterocycles. The molecule has 3 aliphatic rings. The molecule has 242 valence electrons. The van der Waals surface area contributed by atoms with Crippen LogP contribution in [0.15, 0.2) is 170 Å². The Morgan fingerprint density at radius 3 is 1.85 bits per heavy atom. The molecular weight excluding hydrogens is 653 g/mol. The van der Waals surface area contributed by atoms with E-state index in [0.29, 0.717) is 0 Å². The van der Waals surface area contributed by atoms with Crippen molar-refractivity contribution >= 4 is 31.5 Å². The standard InChI is InChI=1S/C49H28O2S/c1-4-18-39-33(13-1)34-14-2-5-19-40(34)49(39)41-28-30(23-24-35(41)37-25-26-44-47(46(37)49)51-43-21-7-6-20-42(43)50-44)29-11-9-12-31(27-29)32-16-10-17-38-36-15-3-8-22-45(36)52-48(32)38/h1-28H. The summed E-state index contributed by atoms with van der Waals surface area (Å²) in [5.74, 6) is 3.01. The second kappa shape index (κ2) is 10.3. The number of hydrogen-bond donors (Lipinski definition) is 0. The van der Waals surface area contributed by atoms with Crippen LogP contribution in [0.25, 0.3) is 64.7 Å². The summed E-state index contributed by atoms with van der Waals surface area (Å²) in [6, 6.07) is 61.6. The van der Waals surface area contributed by atoms with Gasteiger partial charge in [-0.25, -0.2) is 0 Å². The van der Waals surface area contributed by atoms with Gasteiger partial charge in [-0.2, -0.15) is 0 Å². The molecule has 0 saturated carbocycles. The summed E-state index contributed by atoms with van der Waals surface area (Å²) in [4.78, 5) is 0. The fourth-order valence-corrected chi connectivity index (χ4v) is 10.5. The van der Waals surface area contributed by atoms with Crippen molar-refractivity contribution in [3.8, 4) is 67.5 Å². The second-order valence-electron chi connectivity index (χ2n) is 13.9. The Balaban J connectivity index is 1.10. The predicted octanol–water partition coefficient (Wildman–Crippen LogP) is 13.6. The first kappa shape index (κ1) is 28.3. The summed E-state index contributed by atoms with van der Waals surface area (Å²) < 4.78 is 16.1. The highest BCUT2D eigenvalue weighted by Crippen LogP contribution is 2.67. The van der Waals surface area contributed by atoms with Crippen LogP contribution in [0.5, 0.6) is 23.0 Å². The van der Waals surface area contributed by atoms with Crippen molar-refractivity contribution in [3.63, 3.8) is 0 Å².